The summed E-state index contributed by atoms with van der Waals surface area (Å²) in [4.78, 5) is 16.0. The monoisotopic (exact) mass is 502 g/mol. The van der Waals surface area contributed by atoms with Gasteiger partial charge in [-0.2, -0.15) is 8.78 Å². The maximum absolute atomic E-state index is 12.5. The topological polar surface area (TPSA) is 74.8 Å². The summed E-state index contributed by atoms with van der Waals surface area (Å²) in [6.07, 6.45) is 2.03. The Kier molecular flexibility index (Phi) is 9.92. The van der Waals surface area contributed by atoms with E-state index in [1.165, 1.54) is 18.2 Å². The van der Waals surface area contributed by atoms with Crippen molar-refractivity contribution < 1.29 is 18.3 Å². The van der Waals surface area contributed by atoms with E-state index in [1.807, 2.05) is 6.92 Å². The zero-order valence-electron chi connectivity index (χ0n) is 14.2. The number of nitrogens with one attached hydrogen (secondary N) is 3. The second-order valence-electron chi connectivity index (χ2n) is 5.52. The minimum atomic E-state index is -2.93. The van der Waals surface area contributed by atoms with E-state index < -0.39 is 6.61 Å². The number of alkyl halides is 2. The van der Waals surface area contributed by atoms with Gasteiger partial charge in [-0.25, -0.2) is 4.99 Å². The molecule has 26 heavy (non-hydrogen) atoms. The van der Waals surface area contributed by atoms with Gasteiger partial charge in [-0.3, -0.25) is 4.79 Å². The van der Waals surface area contributed by atoms with Gasteiger partial charge in [0.15, 0.2) is 5.96 Å². The predicted molar refractivity (Wildman–Crippen MR) is 107 cm³/mol. The Bertz CT molecular complexity index is 630. The summed E-state index contributed by atoms with van der Waals surface area (Å²) < 4.78 is 29.4. The van der Waals surface area contributed by atoms with E-state index in [-0.39, 0.29) is 54.8 Å². The van der Waals surface area contributed by atoms with Gasteiger partial charge in [0.05, 0.1) is 13.1 Å². The van der Waals surface area contributed by atoms with Crippen LogP contribution in [0.5, 0.6) is 5.75 Å². The van der Waals surface area contributed by atoms with Crippen LogP contribution in [0.25, 0.3) is 0 Å². The standard InChI is InChI=1S/C16H21ClF2N4O2.HI/c1-2-20-16(22-9-14(24)23-12-4-5-12)21-8-10-7-11(17)3-6-13(10)25-15(18)19;/h3,6-7,12,15H,2,4-5,8-9H2,1H3,(H,23,24)(H2,20,21,22);1H. The number of aliphatic imine (C=N–C) groups is 1. The lowest BCUT2D eigenvalue weighted by atomic mass is 10.2. The molecule has 3 N–H and O–H groups in total. The maximum Gasteiger partial charge on any atom is 0.387 e. The van der Waals surface area contributed by atoms with E-state index in [1.54, 1.807) is 0 Å². The number of hydrogen-bond acceptors (Lipinski definition) is 3. The Morgan fingerprint density at radius 3 is 2.73 bits per heavy atom. The van der Waals surface area contributed by atoms with Crippen molar-refractivity contribution in [2.24, 2.45) is 4.99 Å². The Morgan fingerprint density at radius 1 is 1.38 bits per heavy atom. The lowest BCUT2D eigenvalue weighted by molar-refractivity contribution is -0.120. The van der Waals surface area contributed by atoms with Crippen molar-refractivity contribution in [2.45, 2.75) is 39.0 Å². The molecule has 1 aliphatic rings. The number of amides is 1. The van der Waals surface area contributed by atoms with Crippen molar-refractivity contribution in [1.29, 1.82) is 0 Å². The van der Waals surface area contributed by atoms with Crippen LogP contribution in [0.1, 0.15) is 25.3 Å². The Labute approximate surface area is 173 Å². The van der Waals surface area contributed by atoms with Gasteiger partial charge in [0.1, 0.15) is 5.75 Å². The minimum absolute atomic E-state index is 0. The molecule has 1 aromatic rings. The highest BCUT2D eigenvalue weighted by Gasteiger charge is 2.23. The Balaban J connectivity index is 0.00000338. The number of nitrogens with zero attached hydrogens (tertiary/aromatic N) is 1. The zero-order chi connectivity index (χ0) is 18.2. The minimum Gasteiger partial charge on any atom is -0.434 e. The average molecular weight is 503 g/mol. The summed E-state index contributed by atoms with van der Waals surface area (Å²) in [6, 6.07) is 4.65. The van der Waals surface area contributed by atoms with E-state index in [0.29, 0.717) is 23.1 Å². The van der Waals surface area contributed by atoms with E-state index in [0.717, 1.165) is 12.8 Å². The van der Waals surface area contributed by atoms with Crippen LogP contribution in [0.3, 0.4) is 0 Å². The molecule has 1 aromatic carbocycles. The van der Waals surface area contributed by atoms with Crippen LogP contribution in [-0.4, -0.2) is 37.6 Å². The predicted octanol–water partition coefficient (Wildman–Crippen LogP) is 2.89. The highest BCUT2D eigenvalue weighted by Crippen LogP contribution is 2.25. The molecule has 0 aliphatic heterocycles. The normalized spacial score (nSPS) is 13.8. The molecular formula is C16H22ClF2IN4O2. The summed E-state index contributed by atoms with van der Waals surface area (Å²) in [5.41, 5.74) is 0.424. The van der Waals surface area contributed by atoms with Crippen molar-refractivity contribution in [3.8, 4) is 5.75 Å². The highest BCUT2D eigenvalue weighted by molar-refractivity contribution is 14.0. The molecular weight excluding hydrogens is 481 g/mol. The molecule has 1 amide bonds. The lowest BCUT2D eigenvalue weighted by Crippen LogP contribution is -2.43. The fraction of sp³-hybridized carbons (Fsp3) is 0.500. The summed E-state index contributed by atoms with van der Waals surface area (Å²) in [5.74, 6) is 0.305. The molecule has 0 atom stereocenters. The molecule has 0 bridgehead atoms. The average Bonchev–Trinajstić information content (AvgIpc) is 3.36. The van der Waals surface area contributed by atoms with Gasteiger partial charge >= 0.3 is 6.61 Å². The van der Waals surface area contributed by atoms with Gasteiger partial charge in [-0.05, 0) is 38.0 Å². The molecule has 0 saturated heterocycles. The van der Waals surface area contributed by atoms with E-state index in [9.17, 15) is 13.6 Å². The fourth-order valence-corrected chi connectivity index (χ4v) is 2.25. The molecule has 1 aliphatic carbocycles. The molecule has 0 heterocycles. The molecule has 1 saturated carbocycles. The first-order valence-electron chi connectivity index (χ1n) is 8.02. The van der Waals surface area contributed by atoms with Gasteiger partial charge in [0, 0.05) is 23.2 Å². The number of carbonyl (C=O) groups is 1. The number of benzene rings is 1. The quantitative estimate of drug-likeness (QED) is 0.290. The van der Waals surface area contributed by atoms with Crippen LogP contribution in [0.4, 0.5) is 8.78 Å². The first-order valence-corrected chi connectivity index (χ1v) is 8.40. The van der Waals surface area contributed by atoms with Gasteiger partial charge in [-0.1, -0.05) is 11.6 Å². The van der Waals surface area contributed by atoms with Crippen molar-refractivity contribution in [3.63, 3.8) is 0 Å². The van der Waals surface area contributed by atoms with E-state index in [4.69, 9.17) is 11.6 Å². The molecule has 2 rings (SSSR count). The number of carbonyl (C=O) groups excluding carboxylic acids is 1. The molecule has 1 fully saturated rings. The van der Waals surface area contributed by atoms with Crippen LogP contribution >= 0.6 is 35.6 Å². The first-order chi connectivity index (χ1) is 12.0. The summed E-state index contributed by atoms with van der Waals surface area (Å²) in [7, 11) is 0. The molecule has 0 radical (unpaired) electrons. The number of rotatable bonds is 8. The molecule has 146 valence electrons. The van der Waals surface area contributed by atoms with Gasteiger partial charge in [0.25, 0.3) is 0 Å². The zero-order valence-corrected chi connectivity index (χ0v) is 17.3. The molecule has 0 aromatic heterocycles. The van der Waals surface area contributed by atoms with Crippen LogP contribution in [0, 0.1) is 0 Å². The summed E-state index contributed by atoms with van der Waals surface area (Å²) in [5, 5.41) is 9.15. The highest BCUT2D eigenvalue weighted by atomic mass is 127. The Morgan fingerprint density at radius 2 is 2.12 bits per heavy atom. The van der Waals surface area contributed by atoms with E-state index in [2.05, 4.69) is 25.7 Å². The van der Waals surface area contributed by atoms with Crippen LogP contribution in [-0.2, 0) is 11.3 Å². The van der Waals surface area contributed by atoms with Crippen LogP contribution < -0.4 is 20.7 Å². The third-order valence-corrected chi connectivity index (χ3v) is 3.58. The van der Waals surface area contributed by atoms with Crippen molar-refractivity contribution >= 4 is 47.4 Å². The van der Waals surface area contributed by atoms with Crippen LogP contribution in [0.15, 0.2) is 23.2 Å². The second kappa shape index (κ2) is 11.4. The number of hydrogen-bond donors (Lipinski definition) is 3. The smallest absolute Gasteiger partial charge is 0.387 e. The Hall–Kier alpha value is -1.36. The molecule has 10 heteroatoms. The molecule has 0 unspecified atom stereocenters. The number of ether oxygens (including phenoxy) is 1. The first kappa shape index (κ1) is 22.7. The number of halogens is 4. The second-order valence-corrected chi connectivity index (χ2v) is 5.96. The molecule has 0 spiro atoms. The summed E-state index contributed by atoms with van der Waals surface area (Å²) >= 11 is 5.91. The summed E-state index contributed by atoms with van der Waals surface area (Å²) in [6.45, 7) is -0.306. The number of guanidine groups is 1. The van der Waals surface area contributed by atoms with Crippen LogP contribution in [0.2, 0.25) is 5.02 Å². The third-order valence-electron chi connectivity index (χ3n) is 3.35. The fourth-order valence-electron chi connectivity index (χ4n) is 2.06. The van der Waals surface area contributed by atoms with Gasteiger partial charge < -0.3 is 20.7 Å². The van der Waals surface area contributed by atoms with Crippen molar-refractivity contribution in [3.05, 3.63) is 28.8 Å². The maximum atomic E-state index is 12.5. The van der Waals surface area contributed by atoms with Gasteiger partial charge in [-0.15, -0.1) is 24.0 Å². The SMILES string of the molecule is CCNC(=NCc1cc(Cl)ccc1OC(F)F)NCC(=O)NC1CC1.I. The van der Waals surface area contributed by atoms with Crippen molar-refractivity contribution in [1.82, 2.24) is 16.0 Å². The van der Waals surface area contributed by atoms with E-state index >= 15 is 0 Å². The lowest BCUT2D eigenvalue weighted by Gasteiger charge is -2.13. The molecule has 6 nitrogen and oxygen atoms in total. The largest absolute Gasteiger partial charge is 0.434 e. The van der Waals surface area contributed by atoms with Crippen molar-refractivity contribution in [2.75, 3.05) is 13.1 Å². The van der Waals surface area contributed by atoms with Gasteiger partial charge in [0.2, 0.25) is 5.91 Å². The third kappa shape index (κ3) is 8.35.